The molecule has 224 valence electrons. The zero-order chi connectivity index (χ0) is 31.1. The Morgan fingerprint density at radius 2 is 1.73 bits per heavy atom. The number of aromatic nitrogens is 1. The number of aryl methyl sites for hydroxylation is 1. The lowest BCUT2D eigenvalue weighted by Crippen LogP contribution is -2.33. The highest BCUT2D eigenvalue weighted by molar-refractivity contribution is 9.10. The van der Waals surface area contributed by atoms with E-state index in [0.29, 0.717) is 26.8 Å². The van der Waals surface area contributed by atoms with Gasteiger partial charge in [-0.1, -0.05) is 69.4 Å². The van der Waals surface area contributed by atoms with Crippen LogP contribution >= 0.6 is 39.0 Å². The Morgan fingerprint density at radius 3 is 2.43 bits per heavy atom. The first-order valence-corrected chi connectivity index (χ1v) is 16.3. The predicted molar refractivity (Wildman–Crippen MR) is 172 cm³/mol. The largest absolute Gasteiger partial charge is 0.462 e. The van der Waals surface area contributed by atoms with Gasteiger partial charge < -0.3 is 10.1 Å². The van der Waals surface area contributed by atoms with Gasteiger partial charge in [0.2, 0.25) is 17.7 Å². The van der Waals surface area contributed by atoms with Crippen molar-refractivity contribution in [2.24, 2.45) is 5.92 Å². The van der Waals surface area contributed by atoms with Crippen molar-refractivity contribution < 1.29 is 23.9 Å². The first-order valence-electron chi connectivity index (χ1n) is 13.8. The van der Waals surface area contributed by atoms with Gasteiger partial charge in [-0.3, -0.25) is 23.7 Å². The number of imide groups is 1. The maximum Gasteiger partial charge on any atom is 0.338 e. The maximum absolute atomic E-state index is 14.1. The minimum absolute atomic E-state index is 0.226. The van der Waals surface area contributed by atoms with Crippen molar-refractivity contribution in [1.29, 1.82) is 0 Å². The van der Waals surface area contributed by atoms with E-state index in [9.17, 15) is 24.0 Å². The molecule has 1 fully saturated rings. The summed E-state index contributed by atoms with van der Waals surface area (Å²) in [5.74, 6) is -3.06. The number of benzene rings is 3. The number of hydrogen-bond acceptors (Lipinski definition) is 8. The second kappa shape index (κ2) is 12.2. The maximum atomic E-state index is 14.1. The average molecular weight is 693 g/mol. The van der Waals surface area contributed by atoms with Gasteiger partial charge in [0.25, 0.3) is 0 Å². The van der Waals surface area contributed by atoms with E-state index in [0.717, 1.165) is 43.6 Å². The number of esters is 1. The van der Waals surface area contributed by atoms with Crippen LogP contribution in [0.25, 0.3) is 0 Å². The summed E-state index contributed by atoms with van der Waals surface area (Å²) in [5.41, 5.74) is 2.96. The zero-order valence-corrected chi connectivity index (χ0v) is 26.8. The molecule has 0 bridgehead atoms. The number of carbonyl (C=O) groups excluding carboxylic acids is 4. The molecule has 6 rings (SSSR count). The number of amides is 3. The molecule has 1 aromatic heterocycles. The molecule has 9 nitrogen and oxygen atoms in total. The fourth-order valence-electron chi connectivity index (χ4n) is 5.58. The SMILES string of the molecule is CCOC(=O)c1ccc(N2C(=O)[C@H]3[C@H](c4cccc(Br)c4)c4sc(=O)n(CC(=O)Nc5ccccc5C)c4S[C@H]3C2=O)cc1. The van der Waals surface area contributed by atoms with Crippen molar-refractivity contribution in [2.75, 3.05) is 16.8 Å². The van der Waals surface area contributed by atoms with E-state index in [1.807, 2.05) is 49.4 Å². The highest BCUT2D eigenvalue weighted by Gasteiger charge is 2.56. The molecular formula is C32H26BrN3O6S2. The van der Waals surface area contributed by atoms with Crippen molar-refractivity contribution >= 4 is 74.1 Å². The number of para-hydroxylation sites is 1. The summed E-state index contributed by atoms with van der Waals surface area (Å²) < 4.78 is 7.24. The van der Waals surface area contributed by atoms with Crippen LogP contribution in [0.3, 0.4) is 0 Å². The number of thiazole rings is 1. The molecule has 0 spiro atoms. The number of thioether (sulfide) groups is 1. The number of carbonyl (C=O) groups is 4. The van der Waals surface area contributed by atoms with E-state index in [1.165, 1.54) is 16.7 Å². The molecule has 0 radical (unpaired) electrons. The molecule has 0 saturated carbocycles. The van der Waals surface area contributed by atoms with Gasteiger partial charge in [-0.05, 0) is 67.4 Å². The lowest BCUT2D eigenvalue weighted by molar-refractivity contribution is -0.122. The average Bonchev–Trinajstić information content (AvgIpc) is 3.44. The van der Waals surface area contributed by atoms with Crippen molar-refractivity contribution in [2.45, 2.75) is 36.6 Å². The van der Waals surface area contributed by atoms with Gasteiger partial charge in [-0.25, -0.2) is 9.69 Å². The lowest BCUT2D eigenvalue weighted by atomic mass is 9.83. The molecule has 1 saturated heterocycles. The molecule has 0 unspecified atom stereocenters. The van der Waals surface area contributed by atoms with Crippen molar-refractivity contribution in [3.63, 3.8) is 0 Å². The summed E-state index contributed by atoms with van der Waals surface area (Å²) in [6.45, 7) is 3.58. The van der Waals surface area contributed by atoms with Crippen LogP contribution in [0, 0.1) is 12.8 Å². The highest BCUT2D eigenvalue weighted by Crippen LogP contribution is 2.54. The molecule has 3 heterocycles. The van der Waals surface area contributed by atoms with Crippen LogP contribution in [0.15, 0.2) is 87.1 Å². The number of nitrogens with zero attached hydrogens (tertiary/aromatic N) is 2. The molecular weight excluding hydrogens is 666 g/mol. The molecule has 2 aliphatic heterocycles. The molecule has 4 aromatic rings. The van der Waals surface area contributed by atoms with Gasteiger partial charge >= 0.3 is 10.8 Å². The predicted octanol–water partition coefficient (Wildman–Crippen LogP) is 5.59. The molecule has 3 aromatic carbocycles. The standard InChI is InChI=1S/C32H26BrN3O6S2/c1-3-42-31(40)18-11-13-21(14-12-18)36-28(38)25-24(19-8-6-9-20(33)15-19)27-30(43-26(25)29(36)39)35(32(41)44-27)16-23(37)34-22-10-5-4-7-17(22)2/h4-15,24-26H,3,16H2,1-2H3,(H,34,37)/t24-,25-,26+/m0/s1. The molecule has 3 amide bonds. The monoisotopic (exact) mass is 691 g/mol. The van der Waals surface area contributed by atoms with E-state index in [4.69, 9.17) is 4.74 Å². The topological polar surface area (TPSA) is 115 Å². The van der Waals surface area contributed by atoms with Crippen LogP contribution in [0.2, 0.25) is 0 Å². The second-order valence-electron chi connectivity index (χ2n) is 10.4. The highest BCUT2D eigenvalue weighted by atomic mass is 79.9. The van der Waals surface area contributed by atoms with Crippen LogP contribution < -0.4 is 15.1 Å². The molecule has 2 aliphatic rings. The third-order valence-electron chi connectivity index (χ3n) is 7.61. The Kier molecular flexibility index (Phi) is 8.32. The third kappa shape index (κ3) is 5.42. The molecule has 1 N–H and O–H groups in total. The second-order valence-corrected chi connectivity index (χ2v) is 13.4. The molecule has 3 atom stereocenters. The Bertz CT molecular complexity index is 1870. The van der Waals surface area contributed by atoms with Gasteiger partial charge in [0, 0.05) is 21.0 Å². The van der Waals surface area contributed by atoms with Crippen molar-refractivity contribution in [3.05, 3.63) is 109 Å². The number of fused-ring (bicyclic) bond motifs is 2. The third-order valence-corrected chi connectivity index (χ3v) is 10.7. The van der Waals surface area contributed by atoms with Gasteiger partial charge in [-0.2, -0.15) is 0 Å². The van der Waals surface area contributed by atoms with E-state index in [1.54, 1.807) is 25.1 Å². The Morgan fingerprint density at radius 1 is 0.977 bits per heavy atom. The zero-order valence-electron chi connectivity index (χ0n) is 23.6. The normalized spacial score (nSPS) is 19.0. The fraction of sp³-hybridized carbons (Fsp3) is 0.219. The number of nitrogens with one attached hydrogen (secondary N) is 1. The minimum Gasteiger partial charge on any atom is -0.462 e. The summed E-state index contributed by atoms with van der Waals surface area (Å²) in [6, 6.07) is 21.0. The summed E-state index contributed by atoms with van der Waals surface area (Å²) in [5, 5.41) is 2.55. The van der Waals surface area contributed by atoms with Crippen LogP contribution in [-0.4, -0.2) is 40.1 Å². The molecule has 0 aliphatic carbocycles. The molecule has 44 heavy (non-hydrogen) atoms. The van der Waals surface area contributed by atoms with Gasteiger partial charge in [0.05, 0.1) is 28.8 Å². The number of ether oxygens (including phenoxy) is 1. The lowest BCUT2D eigenvalue weighted by Gasteiger charge is -2.30. The summed E-state index contributed by atoms with van der Waals surface area (Å²) in [6.07, 6.45) is 0. The van der Waals surface area contributed by atoms with Crippen LogP contribution in [0.5, 0.6) is 0 Å². The van der Waals surface area contributed by atoms with Crippen molar-refractivity contribution in [1.82, 2.24) is 4.57 Å². The summed E-state index contributed by atoms with van der Waals surface area (Å²) in [7, 11) is 0. The first kappa shape index (κ1) is 30.0. The van der Waals surface area contributed by atoms with Gasteiger partial charge in [0.15, 0.2) is 0 Å². The number of halogens is 1. The van der Waals surface area contributed by atoms with Crippen molar-refractivity contribution in [3.8, 4) is 0 Å². The number of anilines is 2. The fourth-order valence-corrected chi connectivity index (χ4v) is 8.77. The molecule has 12 heteroatoms. The summed E-state index contributed by atoms with van der Waals surface area (Å²) in [4.78, 5) is 68.2. The Hall–Kier alpha value is -4.00. The number of hydrogen-bond donors (Lipinski definition) is 1. The van der Waals surface area contributed by atoms with Crippen LogP contribution in [-0.2, 0) is 25.7 Å². The first-order chi connectivity index (χ1) is 21.2. The van der Waals surface area contributed by atoms with Crippen LogP contribution in [0.1, 0.15) is 39.2 Å². The van der Waals surface area contributed by atoms with Crippen LogP contribution in [0.4, 0.5) is 11.4 Å². The Balaban J connectivity index is 1.38. The van der Waals surface area contributed by atoms with E-state index < -0.39 is 34.9 Å². The van der Waals surface area contributed by atoms with E-state index in [2.05, 4.69) is 21.2 Å². The van der Waals surface area contributed by atoms with Gasteiger partial charge in [0.1, 0.15) is 11.8 Å². The minimum atomic E-state index is -0.830. The van der Waals surface area contributed by atoms with Gasteiger partial charge in [-0.15, -0.1) is 0 Å². The quantitative estimate of drug-likeness (QED) is 0.198. The van der Waals surface area contributed by atoms with E-state index in [-0.39, 0.29) is 23.9 Å². The summed E-state index contributed by atoms with van der Waals surface area (Å²) >= 11 is 5.66. The smallest absolute Gasteiger partial charge is 0.338 e. The Labute approximate surface area is 269 Å². The van der Waals surface area contributed by atoms with E-state index >= 15 is 0 Å². The number of rotatable bonds is 7.